The molecule has 188 valence electrons. The minimum Gasteiger partial charge on any atom is -0.462 e. The third-order valence-corrected chi connectivity index (χ3v) is 6.03. The summed E-state index contributed by atoms with van der Waals surface area (Å²) in [6.07, 6.45) is 0. The molecule has 2 N–H and O–H groups in total. The van der Waals surface area contributed by atoms with Gasteiger partial charge in [0.15, 0.2) is 0 Å². The topological polar surface area (TPSA) is 105 Å². The van der Waals surface area contributed by atoms with Crippen molar-refractivity contribution in [2.45, 2.75) is 19.9 Å². The Balaban J connectivity index is 1.51. The van der Waals surface area contributed by atoms with Gasteiger partial charge in [0.05, 0.1) is 23.9 Å². The largest absolute Gasteiger partial charge is 0.462 e. The van der Waals surface area contributed by atoms with Gasteiger partial charge in [0.25, 0.3) is 17.7 Å². The fourth-order valence-corrected chi connectivity index (χ4v) is 4.03. The molecule has 0 saturated carbocycles. The molecule has 0 spiro atoms. The first kappa shape index (κ1) is 25.7. The van der Waals surface area contributed by atoms with E-state index in [-0.39, 0.29) is 40.5 Å². The molecular formula is C28H24ClN3O5. The number of carbonyl (C=O) groups is 4. The maximum atomic E-state index is 13.2. The number of esters is 1. The second kappa shape index (κ2) is 11.1. The number of rotatable bonds is 8. The molecule has 8 nitrogen and oxygen atoms in total. The lowest BCUT2D eigenvalue weighted by Gasteiger charge is -2.16. The molecule has 1 aliphatic rings. The van der Waals surface area contributed by atoms with E-state index in [1.807, 2.05) is 37.3 Å². The van der Waals surface area contributed by atoms with Crippen LogP contribution in [0.25, 0.3) is 0 Å². The molecule has 0 aromatic heterocycles. The predicted molar refractivity (Wildman–Crippen MR) is 140 cm³/mol. The molecule has 0 radical (unpaired) electrons. The fraction of sp³-hybridized carbons (Fsp3) is 0.143. The highest BCUT2D eigenvalue weighted by molar-refractivity contribution is 6.53. The Morgan fingerprint density at radius 1 is 0.919 bits per heavy atom. The number of ether oxygens (including phenoxy) is 1. The summed E-state index contributed by atoms with van der Waals surface area (Å²) in [6.45, 7) is 3.75. The van der Waals surface area contributed by atoms with E-state index in [9.17, 15) is 19.2 Å². The van der Waals surface area contributed by atoms with Gasteiger partial charge in [-0.2, -0.15) is 0 Å². The van der Waals surface area contributed by atoms with Crippen molar-refractivity contribution in [3.05, 3.63) is 106 Å². The normalized spacial score (nSPS) is 14.0. The lowest BCUT2D eigenvalue weighted by Crippen LogP contribution is -2.32. The van der Waals surface area contributed by atoms with Crippen molar-refractivity contribution in [3.8, 4) is 0 Å². The highest BCUT2D eigenvalue weighted by atomic mass is 35.5. The second-order valence-corrected chi connectivity index (χ2v) is 8.60. The molecule has 0 fully saturated rings. The monoisotopic (exact) mass is 517 g/mol. The van der Waals surface area contributed by atoms with Gasteiger partial charge in [-0.15, -0.1) is 0 Å². The van der Waals surface area contributed by atoms with Gasteiger partial charge >= 0.3 is 5.97 Å². The third-order valence-electron chi connectivity index (χ3n) is 5.68. The lowest BCUT2D eigenvalue weighted by molar-refractivity contribution is -0.120. The molecule has 3 aromatic carbocycles. The zero-order chi connectivity index (χ0) is 26.5. The quantitative estimate of drug-likeness (QED) is 0.329. The summed E-state index contributed by atoms with van der Waals surface area (Å²) in [4.78, 5) is 51.8. The summed E-state index contributed by atoms with van der Waals surface area (Å²) < 4.78 is 4.99. The smallest absolute Gasteiger partial charge is 0.338 e. The van der Waals surface area contributed by atoms with Crippen LogP contribution in [0, 0.1) is 0 Å². The van der Waals surface area contributed by atoms with Crippen molar-refractivity contribution >= 4 is 46.7 Å². The highest BCUT2D eigenvalue weighted by Gasteiger charge is 2.39. The molecule has 0 saturated heterocycles. The first-order valence-electron chi connectivity index (χ1n) is 11.6. The van der Waals surface area contributed by atoms with Gasteiger partial charge in [0.1, 0.15) is 10.7 Å². The van der Waals surface area contributed by atoms with Gasteiger partial charge in [-0.1, -0.05) is 54.1 Å². The molecular weight excluding hydrogens is 494 g/mol. The summed E-state index contributed by atoms with van der Waals surface area (Å²) in [5.74, 6) is -2.30. The van der Waals surface area contributed by atoms with Crippen LogP contribution in [-0.2, 0) is 14.3 Å². The number of amides is 3. The van der Waals surface area contributed by atoms with Gasteiger partial charge in [-0.25, -0.2) is 9.69 Å². The molecule has 1 atom stereocenters. The van der Waals surface area contributed by atoms with Gasteiger partial charge in [-0.3, -0.25) is 14.4 Å². The molecule has 37 heavy (non-hydrogen) atoms. The van der Waals surface area contributed by atoms with E-state index in [4.69, 9.17) is 16.3 Å². The number of imide groups is 1. The SMILES string of the molecule is CCOC(=O)c1cccc(N2C(=O)C(Cl)=C(Nc3cccc(C(=O)NC(C)c4ccccc4)c3)C2=O)c1. The Labute approximate surface area is 218 Å². The number of hydrogen-bond acceptors (Lipinski definition) is 6. The van der Waals surface area contributed by atoms with Crippen molar-refractivity contribution in [3.63, 3.8) is 0 Å². The zero-order valence-electron chi connectivity index (χ0n) is 20.2. The van der Waals surface area contributed by atoms with Gasteiger partial charge in [-0.05, 0) is 55.8 Å². The van der Waals surface area contributed by atoms with Crippen molar-refractivity contribution in [2.24, 2.45) is 0 Å². The predicted octanol–water partition coefficient (Wildman–Crippen LogP) is 4.79. The highest BCUT2D eigenvalue weighted by Crippen LogP contribution is 2.31. The molecule has 0 aliphatic carbocycles. The zero-order valence-corrected chi connectivity index (χ0v) is 20.9. The minimum absolute atomic E-state index is 0.136. The molecule has 1 unspecified atom stereocenters. The summed E-state index contributed by atoms with van der Waals surface area (Å²) >= 11 is 6.24. The number of anilines is 2. The number of nitrogens with zero attached hydrogens (tertiary/aromatic N) is 1. The van der Waals surface area contributed by atoms with E-state index in [0.29, 0.717) is 11.3 Å². The molecule has 9 heteroatoms. The van der Waals surface area contributed by atoms with E-state index in [1.54, 1.807) is 37.3 Å². The van der Waals surface area contributed by atoms with Crippen molar-refractivity contribution in [1.29, 1.82) is 0 Å². The van der Waals surface area contributed by atoms with Crippen LogP contribution in [0.5, 0.6) is 0 Å². The summed E-state index contributed by atoms with van der Waals surface area (Å²) in [5.41, 5.74) is 1.96. The Hall–Kier alpha value is -4.43. The maximum Gasteiger partial charge on any atom is 0.338 e. The van der Waals surface area contributed by atoms with E-state index in [2.05, 4.69) is 10.6 Å². The first-order valence-corrected chi connectivity index (χ1v) is 12.0. The Bertz CT molecular complexity index is 1400. The van der Waals surface area contributed by atoms with E-state index < -0.39 is 17.8 Å². The molecule has 0 bridgehead atoms. The molecule has 3 aromatic rings. The van der Waals surface area contributed by atoms with Crippen LogP contribution in [0.4, 0.5) is 11.4 Å². The Morgan fingerprint density at radius 2 is 1.62 bits per heavy atom. The third kappa shape index (κ3) is 5.54. The van der Waals surface area contributed by atoms with Crippen LogP contribution < -0.4 is 15.5 Å². The number of benzene rings is 3. The molecule has 3 amide bonds. The summed E-state index contributed by atoms with van der Waals surface area (Å²) in [6, 6.07) is 21.8. The van der Waals surface area contributed by atoms with Crippen LogP contribution in [0.15, 0.2) is 89.6 Å². The van der Waals surface area contributed by atoms with Gasteiger partial charge < -0.3 is 15.4 Å². The van der Waals surface area contributed by atoms with Crippen LogP contribution >= 0.6 is 11.6 Å². The van der Waals surface area contributed by atoms with Gasteiger partial charge in [0, 0.05) is 11.3 Å². The summed E-state index contributed by atoms with van der Waals surface area (Å²) in [5, 5.41) is 5.50. The fourth-order valence-electron chi connectivity index (χ4n) is 3.82. The van der Waals surface area contributed by atoms with Crippen LogP contribution in [-0.4, -0.2) is 30.3 Å². The average molecular weight is 518 g/mol. The minimum atomic E-state index is -0.735. The second-order valence-electron chi connectivity index (χ2n) is 8.22. The maximum absolute atomic E-state index is 13.2. The molecule has 1 aliphatic heterocycles. The number of nitrogens with one attached hydrogen (secondary N) is 2. The van der Waals surface area contributed by atoms with Crippen LogP contribution in [0.2, 0.25) is 0 Å². The van der Waals surface area contributed by atoms with E-state index in [1.165, 1.54) is 18.2 Å². The van der Waals surface area contributed by atoms with Gasteiger partial charge in [0.2, 0.25) is 0 Å². The van der Waals surface area contributed by atoms with Crippen molar-refractivity contribution < 1.29 is 23.9 Å². The number of carbonyl (C=O) groups excluding carboxylic acids is 4. The van der Waals surface area contributed by atoms with Crippen molar-refractivity contribution in [2.75, 3.05) is 16.8 Å². The standard InChI is InChI=1S/C28H24ClN3O5/c1-3-37-28(36)20-12-8-14-22(16-20)32-26(34)23(29)24(27(32)35)31-21-13-7-11-19(15-21)25(33)30-17(2)18-9-5-4-6-10-18/h4-17,31H,3H2,1-2H3,(H,30,33). The molecule has 1 heterocycles. The van der Waals surface area contributed by atoms with Crippen molar-refractivity contribution in [1.82, 2.24) is 5.32 Å². The average Bonchev–Trinajstić information content (AvgIpc) is 3.12. The number of halogens is 1. The Morgan fingerprint density at radius 3 is 2.35 bits per heavy atom. The van der Waals surface area contributed by atoms with Crippen LogP contribution in [0.1, 0.15) is 46.2 Å². The first-order chi connectivity index (χ1) is 17.8. The Kier molecular flexibility index (Phi) is 7.69. The lowest BCUT2D eigenvalue weighted by atomic mass is 10.1. The summed E-state index contributed by atoms with van der Waals surface area (Å²) in [7, 11) is 0. The van der Waals surface area contributed by atoms with E-state index >= 15 is 0 Å². The van der Waals surface area contributed by atoms with Crippen LogP contribution in [0.3, 0.4) is 0 Å². The molecule has 4 rings (SSSR count). The van der Waals surface area contributed by atoms with E-state index in [0.717, 1.165) is 10.5 Å². The number of hydrogen-bond donors (Lipinski definition) is 2.